The van der Waals surface area contributed by atoms with Crippen molar-refractivity contribution in [2.24, 2.45) is 0 Å². The largest absolute Gasteiger partial charge is 0.405 e. The highest BCUT2D eigenvalue weighted by Gasteiger charge is 2.32. The third kappa shape index (κ3) is 6.33. The third-order valence-electron chi connectivity index (χ3n) is 2.98. The molecule has 0 spiro atoms. The van der Waals surface area contributed by atoms with E-state index in [4.69, 9.17) is 0 Å². The zero-order chi connectivity index (χ0) is 16.3. The number of alkyl halides is 3. The lowest BCUT2D eigenvalue weighted by Gasteiger charge is -2.32. The van der Waals surface area contributed by atoms with Crippen molar-refractivity contribution >= 4 is 5.69 Å². The Morgan fingerprint density at radius 1 is 1.24 bits per heavy atom. The van der Waals surface area contributed by atoms with Crippen LogP contribution >= 0.6 is 0 Å². The van der Waals surface area contributed by atoms with Gasteiger partial charge in [-0.25, -0.2) is 0 Å². The topological polar surface area (TPSA) is 28.2 Å². The maximum absolute atomic E-state index is 12.8. The van der Waals surface area contributed by atoms with Gasteiger partial charge in [-0.3, -0.25) is 4.98 Å². The number of nitrogens with zero attached hydrogens (tertiary/aromatic N) is 2. The fourth-order valence-electron chi connectivity index (χ4n) is 1.92. The van der Waals surface area contributed by atoms with Crippen molar-refractivity contribution in [1.82, 2.24) is 10.3 Å². The van der Waals surface area contributed by atoms with E-state index in [-0.39, 0.29) is 11.6 Å². The summed E-state index contributed by atoms with van der Waals surface area (Å²) in [6, 6.07) is 1.50. The maximum atomic E-state index is 12.8. The zero-order valence-electron chi connectivity index (χ0n) is 13.3. The average Bonchev–Trinajstić information content (AvgIpc) is 2.32. The Labute approximate surface area is 124 Å². The summed E-state index contributed by atoms with van der Waals surface area (Å²) in [7, 11) is 0. The van der Waals surface area contributed by atoms with Gasteiger partial charge < -0.3 is 10.2 Å². The van der Waals surface area contributed by atoms with Crippen LogP contribution in [-0.2, 0) is 6.54 Å². The molecule has 0 radical (unpaired) electrons. The number of nitrogens with one attached hydrogen (secondary N) is 1. The van der Waals surface area contributed by atoms with E-state index in [1.165, 1.54) is 11.1 Å². The molecule has 0 aliphatic carbocycles. The zero-order valence-corrected chi connectivity index (χ0v) is 13.3. The van der Waals surface area contributed by atoms with Crippen LogP contribution in [0, 0.1) is 0 Å². The highest BCUT2D eigenvalue weighted by molar-refractivity contribution is 5.52. The van der Waals surface area contributed by atoms with Gasteiger partial charge in [0.15, 0.2) is 0 Å². The number of aromatic nitrogens is 1. The second kappa shape index (κ2) is 6.64. The Balaban J connectivity index is 3.03. The molecule has 0 aliphatic rings. The number of hydrogen-bond donors (Lipinski definition) is 1. The molecule has 0 amide bonds. The molecule has 0 aromatic carbocycles. The molecule has 1 rings (SSSR count). The van der Waals surface area contributed by atoms with Crippen LogP contribution in [0.1, 0.15) is 40.2 Å². The van der Waals surface area contributed by atoms with Gasteiger partial charge in [-0.1, -0.05) is 0 Å². The first-order valence-corrected chi connectivity index (χ1v) is 7.01. The predicted molar refractivity (Wildman–Crippen MR) is 79.4 cm³/mol. The minimum atomic E-state index is -4.24. The monoisotopic (exact) mass is 303 g/mol. The molecular formula is C15H24F3N3. The third-order valence-corrected chi connectivity index (χ3v) is 2.98. The van der Waals surface area contributed by atoms with Crippen molar-refractivity contribution in [3.05, 3.63) is 24.0 Å². The lowest BCUT2D eigenvalue weighted by atomic mass is 10.1. The summed E-state index contributed by atoms with van der Waals surface area (Å²) in [5, 5.41) is 3.30. The average molecular weight is 303 g/mol. The molecule has 1 aromatic rings. The van der Waals surface area contributed by atoms with Crippen molar-refractivity contribution < 1.29 is 13.2 Å². The lowest BCUT2D eigenvalue weighted by molar-refractivity contribution is -0.120. The summed E-state index contributed by atoms with van der Waals surface area (Å²) in [6.45, 7) is 9.08. The fourth-order valence-corrected chi connectivity index (χ4v) is 1.92. The van der Waals surface area contributed by atoms with Gasteiger partial charge in [0.1, 0.15) is 6.54 Å². The van der Waals surface area contributed by atoms with Crippen molar-refractivity contribution in [2.45, 2.75) is 58.9 Å². The van der Waals surface area contributed by atoms with Crippen LogP contribution in [0.5, 0.6) is 0 Å². The van der Waals surface area contributed by atoms with E-state index in [0.717, 1.165) is 5.56 Å². The first-order chi connectivity index (χ1) is 9.49. The van der Waals surface area contributed by atoms with E-state index < -0.39 is 12.7 Å². The number of rotatable bonds is 5. The van der Waals surface area contributed by atoms with Crippen molar-refractivity contribution in [1.29, 1.82) is 0 Å². The van der Waals surface area contributed by atoms with Gasteiger partial charge in [-0.15, -0.1) is 0 Å². The van der Waals surface area contributed by atoms with Gasteiger partial charge in [0.05, 0.1) is 11.9 Å². The molecule has 0 aliphatic heterocycles. The quantitative estimate of drug-likeness (QED) is 0.898. The summed E-state index contributed by atoms with van der Waals surface area (Å²) in [5.74, 6) is 0. The molecule has 21 heavy (non-hydrogen) atoms. The smallest absolute Gasteiger partial charge is 0.359 e. The standard InChI is InChI=1S/C15H24F3N3/c1-11(2)21(10-15(16,17)18)13-9-19-7-6-12(13)8-20-14(3,4)5/h6-7,9,11,20H,8,10H2,1-5H3. The van der Waals surface area contributed by atoms with E-state index in [0.29, 0.717) is 12.2 Å². The van der Waals surface area contributed by atoms with Gasteiger partial charge in [0.25, 0.3) is 0 Å². The van der Waals surface area contributed by atoms with Crippen LogP contribution in [0.15, 0.2) is 18.5 Å². The molecular weight excluding hydrogens is 279 g/mol. The minimum Gasteiger partial charge on any atom is -0.359 e. The van der Waals surface area contributed by atoms with E-state index >= 15 is 0 Å². The molecule has 0 fully saturated rings. The molecule has 120 valence electrons. The van der Waals surface area contributed by atoms with Crippen molar-refractivity contribution in [3.63, 3.8) is 0 Å². The lowest BCUT2D eigenvalue weighted by Crippen LogP contribution is -2.41. The summed E-state index contributed by atoms with van der Waals surface area (Å²) >= 11 is 0. The van der Waals surface area contributed by atoms with E-state index in [9.17, 15) is 13.2 Å². The van der Waals surface area contributed by atoms with Gasteiger partial charge in [-0.2, -0.15) is 13.2 Å². The van der Waals surface area contributed by atoms with Crippen LogP contribution < -0.4 is 10.2 Å². The molecule has 0 unspecified atom stereocenters. The summed E-state index contributed by atoms with van der Waals surface area (Å²) in [6.07, 6.45) is -1.13. The van der Waals surface area contributed by atoms with Crippen LogP contribution in [0.4, 0.5) is 18.9 Å². The molecule has 0 saturated heterocycles. The van der Waals surface area contributed by atoms with Crippen LogP contribution in [-0.4, -0.2) is 29.3 Å². The molecule has 1 aromatic heterocycles. The molecule has 3 nitrogen and oxygen atoms in total. The fraction of sp³-hybridized carbons (Fsp3) is 0.667. The minimum absolute atomic E-state index is 0.104. The van der Waals surface area contributed by atoms with Crippen LogP contribution in [0.25, 0.3) is 0 Å². The highest BCUT2D eigenvalue weighted by Crippen LogP contribution is 2.26. The highest BCUT2D eigenvalue weighted by atomic mass is 19.4. The summed E-state index contributed by atoms with van der Waals surface area (Å²) < 4.78 is 38.3. The van der Waals surface area contributed by atoms with Crippen LogP contribution in [0.2, 0.25) is 0 Å². The second-order valence-electron chi connectivity index (χ2n) is 6.44. The summed E-state index contributed by atoms with van der Waals surface area (Å²) in [5.41, 5.74) is 1.24. The SMILES string of the molecule is CC(C)N(CC(F)(F)F)c1cnccc1CNC(C)(C)C. The molecule has 0 bridgehead atoms. The maximum Gasteiger partial charge on any atom is 0.405 e. The Hall–Kier alpha value is -1.30. The van der Waals surface area contributed by atoms with E-state index in [1.807, 2.05) is 20.8 Å². The molecule has 0 atom stereocenters. The predicted octanol–water partition coefficient (Wildman–Crippen LogP) is 3.75. The van der Waals surface area contributed by atoms with Crippen molar-refractivity contribution in [3.8, 4) is 0 Å². The number of hydrogen-bond acceptors (Lipinski definition) is 3. The number of halogens is 3. The first kappa shape index (κ1) is 17.8. The molecule has 0 saturated carbocycles. The Kier molecular flexibility index (Phi) is 5.61. The first-order valence-electron chi connectivity index (χ1n) is 7.01. The van der Waals surface area contributed by atoms with Gasteiger partial charge >= 0.3 is 6.18 Å². The van der Waals surface area contributed by atoms with Gasteiger partial charge in [0, 0.05) is 24.3 Å². The van der Waals surface area contributed by atoms with Gasteiger partial charge in [-0.05, 0) is 46.2 Å². The molecule has 1 heterocycles. The van der Waals surface area contributed by atoms with E-state index in [2.05, 4.69) is 10.3 Å². The number of pyridine rings is 1. The van der Waals surface area contributed by atoms with Crippen molar-refractivity contribution in [2.75, 3.05) is 11.4 Å². The Morgan fingerprint density at radius 2 is 1.86 bits per heavy atom. The Morgan fingerprint density at radius 3 is 2.33 bits per heavy atom. The van der Waals surface area contributed by atoms with Gasteiger partial charge in [0.2, 0.25) is 0 Å². The normalized spacial score (nSPS) is 12.8. The molecule has 1 N–H and O–H groups in total. The second-order valence-corrected chi connectivity index (χ2v) is 6.44. The molecule has 6 heteroatoms. The number of anilines is 1. The Bertz CT molecular complexity index is 450. The summed E-state index contributed by atoms with van der Waals surface area (Å²) in [4.78, 5) is 5.33. The van der Waals surface area contributed by atoms with E-state index in [1.54, 1.807) is 26.1 Å². The van der Waals surface area contributed by atoms with Crippen LogP contribution in [0.3, 0.4) is 0 Å².